The highest BCUT2D eigenvalue weighted by molar-refractivity contribution is 5.86. The molecule has 0 unspecified atom stereocenters. The lowest BCUT2D eigenvalue weighted by Gasteiger charge is -2.23. The fraction of sp³-hybridized carbons (Fsp3) is 0.278. The molecule has 0 saturated heterocycles. The van der Waals surface area contributed by atoms with Crippen molar-refractivity contribution in [2.45, 2.75) is 32.8 Å². The van der Waals surface area contributed by atoms with Crippen LogP contribution in [0.3, 0.4) is 0 Å². The fourth-order valence-electron chi connectivity index (χ4n) is 1.98. The van der Waals surface area contributed by atoms with Crippen molar-refractivity contribution in [3.8, 4) is 0 Å². The van der Waals surface area contributed by atoms with Crippen LogP contribution in [-0.4, -0.2) is 5.91 Å². The third kappa shape index (κ3) is 3.92. The van der Waals surface area contributed by atoms with E-state index in [2.05, 4.69) is 5.48 Å². The van der Waals surface area contributed by atoms with Crippen molar-refractivity contribution in [2.24, 2.45) is 0 Å². The van der Waals surface area contributed by atoms with Crippen molar-refractivity contribution in [1.82, 2.24) is 5.48 Å². The molecule has 110 valence electrons. The van der Waals surface area contributed by atoms with E-state index in [4.69, 9.17) is 4.84 Å². The molecule has 1 amide bonds. The van der Waals surface area contributed by atoms with E-state index >= 15 is 0 Å². The Hall–Kier alpha value is -2.13. The molecule has 0 radical (unpaired) electrons. The Morgan fingerprint density at radius 1 is 1.05 bits per heavy atom. The third-order valence-corrected chi connectivity index (χ3v) is 3.59. The maximum Gasteiger partial charge on any atom is 0.253 e. The van der Waals surface area contributed by atoms with Crippen LogP contribution in [0.25, 0.3) is 0 Å². The maximum atomic E-state index is 12.3. The third-order valence-electron chi connectivity index (χ3n) is 3.59. The smallest absolute Gasteiger partial charge is 0.253 e. The zero-order valence-electron chi connectivity index (χ0n) is 12.7. The Morgan fingerprint density at radius 3 is 2.29 bits per heavy atom. The van der Waals surface area contributed by atoms with Gasteiger partial charge in [-0.1, -0.05) is 60.2 Å². The molecule has 21 heavy (non-hydrogen) atoms. The molecular weight excluding hydrogens is 262 g/mol. The van der Waals surface area contributed by atoms with Gasteiger partial charge in [0.1, 0.15) is 0 Å². The molecule has 0 bridgehead atoms. The van der Waals surface area contributed by atoms with Crippen molar-refractivity contribution in [3.05, 3.63) is 71.3 Å². The van der Waals surface area contributed by atoms with Crippen LogP contribution in [0.1, 0.15) is 30.5 Å². The van der Waals surface area contributed by atoms with E-state index in [9.17, 15) is 4.79 Å². The summed E-state index contributed by atoms with van der Waals surface area (Å²) in [5.74, 6) is -0.152. The fourth-order valence-corrected chi connectivity index (χ4v) is 1.98. The van der Waals surface area contributed by atoms with Gasteiger partial charge in [-0.2, -0.15) is 0 Å². The number of nitrogens with one attached hydrogen (secondary N) is 1. The van der Waals surface area contributed by atoms with Gasteiger partial charge in [0.25, 0.3) is 5.91 Å². The first-order valence-corrected chi connectivity index (χ1v) is 7.03. The quantitative estimate of drug-likeness (QED) is 0.853. The van der Waals surface area contributed by atoms with Crippen molar-refractivity contribution in [2.75, 3.05) is 0 Å². The summed E-state index contributed by atoms with van der Waals surface area (Å²) in [4.78, 5) is 17.6. The minimum atomic E-state index is -0.630. The maximum absolute atomic E-state index is 12.3. The number of carbonyl (C=O) groups excluding carboxylic acids is 1. The van der Waals surface area contributed by atoms with E-state index in [1.165, 1.54) is 5.56 Å². The minimum absolute atomic E-state index is 0.152. The lowest BCUT2D eigenvalue weighted by atomic mass is 9.84. The molecule has 0 aliphatic carbocycles. The molecule has 0 fully saturated rings. The van der Waals surface area contributed by atoms with Crippen molar-refractivity contribution in [1.29, 1.82) is 0 Å². The van der Waals surface area contributed by atoms with Gasteiger partial charge in [-0.25, -0.2) is 5.48 Å². The van der Waals surface area contributed by atoms with Gasteiger partial charge >= 0.3 is 0 Å². The van der Waals surface area contributed by atoms with E-state index in [1.54, 1.807) is 0 Å². The zero-order chi connectivity index (χ0) is 15.3. The Kier molecular flexibility index (Phi) is 4.76. The molecule has 2 aromatic rings. The zero-order valence-corrected chi connectivity index (χ0v) is 12.7. The molecule has 2 rings (SSSR count). The van der Waals surface area contributed by atoms with Crippen LogP contribution in [0.15, 0.2) is 54.6 Å². The number of rotatable bonds is 5. The van der Waals surface area contributed by atoms with Gasteiger partial charge < -0.3 is 0 Å². The number of hydroxylamine groups is 1. The predicted molar refractivity (Wildman–Crippen MR) is 83.6 cm³/mol. The first kappa shape index (κ1) is 15.3. The number of hydrogen-bond acceptors (Lipinski definition) is 2. The highest BCUT2D eigenvalue weighted by Crippen LogP contribution is 2.22. The molecule has 3 heteroatoms. The van der Waals surface area contributed by atoms with E-state index < -0.39 is 5.41 Å². The summed E-state index contributed by atoms with van der Waals surface area (Å²) in [6.45, 7) is 6.16. The van der Waals surface area contributed by atoms with Crippen LogP contribution in [0, 0.1) is 6.92 Å². The molecule has 3 nitrogen and oxygen atoms in total. The van der Waals surface area contributed by atoms with Gasteiger partial charge in [-0.3, -0.25) is 9.63 Å². The van der Waals surface area contributed by atoms with Crippen LogP contribution >= 0.6 is 0 Å². The Morgan fingerprint density at radius 2 is 1.67 bits per heavy atom. The summed E-state index contributed by atoms with van der Waals surface area (Å²) in [6, 6.07) is 17.7. The second kappa shape index (κ2) is 6.55. The minimum Gasteiger partial charge on any atom is -0.272 e. The van der Waals surface area contributed by atoms with Crippen LogP contribution in [0.5, 0.6) is 0 Å². The van der Waals surface area contributed by atoms with Gasteiger partial charge in [0.05, 0.1) is 12.0 Å². The van der Waals surface area contributed by atoms with Crippen LogP contribution in [0.2, 0.25) is 0 Å². The number of hydrogen-bond donors (Lipinski definition) is 1. The van der Waals surface area contributed by atoms with E-state index in [0.717, 1.165) is 11.1 Å². The molecule has 0 aromatic heterocycles. The van der Waals surface area contributed by atoms with Crippen LogP contribution in [0.4, 0.5) is 0 Å². The number of carbonyl (C=O) groups is 1. The van der Waals surface area contributed by atoms with Crippen molar-refractivity contribution in [3.63, 3.8) is 0 Å². The lowest BCUT2D eigenvalue weighted by molar-refractivity contribution is -0.139. The first-order chi connectivity index (χ1) is 10.00. The second-order valence-corrected chi connectivity index (χ2v) is 5.70. The number of aryl methyl sites for hydroxylation is 1. The molecule has 0 spiro atoms. The van der Waals surface area contributed by atoms with Crippen LogP contribution < -0.4 is 5.48 Å². The summed E-state index contributed by atoms with van der Waals surface area (Å²) >= 11 is 0. The highest BCUT2D eigenvalue weighted by atomic mass is 16.6. The first-order valence-electron chi connectivity index (χ1n) is 7.03. The number of benzene rings is 2. The van der Waals surface area contributed by atoms with Gasteiger partial charge in [0, 0.05) is 0 Å². The largest absolute Gasteiger partial charge is 0.272 e. The Labute approximate surface area is 125 Å². The summed E-state index contributed by atoms with van der Waals surface area (Å²) < 4.78 is 0. The SMILES string of the molecule is Cc1ccc(CONC(=O)C(C)(C)c2ccccc2)cc1. The summed E-state index contributed by atoms with van der Waals surface area (Å²) in [5, 5.41) is 0. The van der Waals surface area contributed by atoms with Crippen molar-refractivity contribution >= 4 is 5.91 Å². The summed E-state index contributed by atoms with van der Waals surface area (Å²) in [7, 11) is 0. The average molecular weight is 283 g/mol. The molecule has 0 heterocycles. The molecule has 0 saturated carbocycles. The Bertz CT molecular complexity index is 588. The topological polar surface area (TPSA) is 38.3 Å². The summed E-state index contributed by atoms with van der Waals surface area (Å²) in [5.41, 5.74) is 5.10. The van der Waals surface area contributed by atoms with Crippen LogP contribution in [-0.2, 0) is 21.7 Å². The summed E-state index contributed by atoms with van der Waals surface area (Å²) in [6.07, 6.45) is 0. The molecular formula is C18H21NO2. The Balaban J connectivity index is 1.91. The van der Waals surface area contributed by atoms with E-state index in [1.807, 2.05) is 75.4 Å². The number of amides is 1. The molecule has 0 aliphatic heterocycles. The standard InChI is InChI=1S/C18H21NO2/c1-14-9-11-15(12-10-14)13-21-19-17(20)18(2,3)16-7-5-4-6-8-16/h4-12H,13H2,1-3H3,(H,19,20). The average Bonchev–Trinajstić information content (AvgIpc) is 2.50. The van der Waals surface area contributed by atoms with Gasteiger partial charge in [0.2, 0.25) is 0 Å². The van der Waals surface area contributed by atoms with Gasteiger partial charge in [-0.15, -0.1) is 0 Å². The normalized spacial score (nSPS) is 11.2. The molecule has 2 aromatic carbocycles. The molecule has 0 atom stereocenters. The second-order valence-electron chi connectivity index (χ2n) is 5.70. The predicted octanol–water partition coefficient (Wildman–Crippen LogP) is 3.52. The molecule has 1 N–H and O–H groups in total. The van der Waals surface area contributed by atoms with E-state index in [-0.39, 0.29) is 5.91 Å². The van der Waals surface area contributed by atoms with E-state index in [0.29, 0.717) is 6.61 Å². The lowest BCUT2D eigenvalue weighted by Crippen LogP contribution is -2.39. The molecule has 0 aliphatic rings. The van der Waals surface area contributed by atoms with Gasteiger partial charge in [0.15, 0.2) is 0 Å². The monoisotopic (exact) mass is 283 g/mol. The van der Waals surface area contributed by atoms with Crippen molar-refractivity contribution < 1.29 is 9.63 Å². The van der Waals surface area contributed by atoms with Gasteiger partial charge in [-0.05, 0) is 31.9 Å². The highest BCUT2D eigenvalue weighted by Gasteiger charge is 2.29.